The second-order valence-electron chi connectivity index (χ2n) is 6.24. The van der Waals surface area contributed by atoms with Crippen molar-refractivity contribution in [3.05, 3.63) is 40.4 Å². The average Bonchev–Trinajstić information content (AvgIpc) is 2.68. The minimum Gasteiger partial charge on any atom is -0.494 e. The number of rotatable bonds is 9. The van der Waals surface area contributed by atoms with E-state index in [1.165, 1.54) is 49.7 Å². The van der Waals surface area contributed by atoms with Gasteiger partial charge in [-0.2, -0.15) is 10.5 Å². The highest BCUT2D eigenvalue weighted by atomic mass is 32.2. The van der Waals surface area contributed by atoms with E-state index in [-0.39, 0.29) is 5.57 Å². The molecule has 0 amide bonds. The number of ether oxygens (including phenoxy) is 1. The van der Waals surface area contributed by atoms with Crippen LogP contribution in [0.15, 0.2) is 34.9 Å². The molecule has 0 saturated carbocycles. The Morgan fingerprint density at radius 3 is 2.69 bits per heavy atom. The van der Waals surface area contributed by atoms with Crippen molar-refractivity contribution in [3.63, 3.8) is 0 Å². The topological polar surface area (TPSA) is 72.1 Å². The lowest BCUT2D eigenvalue weighted by atomic mass is 10.1. The summed E-state index contributed by atoms with van der Waals surface area (Å²) in [7, 11) is 0. The van der Waals surface area contributed by atoms with Gasteiger partial charge < -0.3 is 10.1 Å². The number of nitrogens with zero attached hydrogens (tertiary/aromatic N) is 3. The fraction of sp³-hybridized carbons (Fsp3) is 0.500. The van der Waals surface area contributed by atoms with E-state index in [2.05, 4.69) is 22.3 Å². The van der Waals surface area contributed by atoms with Gasteiger partial charge in [0.15, 0.2) is 5.57 Å². The summed E-state index contributed by atoms with van der Waals surface area (Å²) in [5.74, 6) is 0.898. The summed E-state index contributed by atoms with van der Waals surface area (Å²) in [6.07, 6.45) is 6.60. The molecular weight excluding hydrogens is 344 g/mol. The molecule has 0 unspecified atom stereocenters. The monoisotopic (exact) mass is 370 g/mol. The van der Waals surface area contributed by atoms with Crippen LogP contribution in [0.4, 0.5) is 0 Å². The predicted molar refractivity (Wildman–Crippen MR) is 105 cm³/mol. The summed E-state index contributed by atoms with van der Waals surface area (Å²) in [5, 5.41) is 21.6. The lowest BCUT2D eigenvalue weighted by Gasteiger charge is -2.26. The third-order valence-electron chi connectivity index (χ3n) is 4.28. The van der Waals surface area contributed by atoms with E-state index in [1.54, 1.807) is 0 Å². The maximum atomic E-state index is 8.91. The van der Waals surface area contributed by atoms with Crippen molar-refractivity contribution >= 4 is 11.8 Å². The van der Waals surface area contributed by atoms with Crippen molar-refractivity contribution in [1.29, 1.82) is 10.5 Å². The molecule has 0 aromatic heterocycles. The Kier molecular flexibility index (Phi) is 8.89. The third kappa shape index (κ3) is 6.63. The summed E-state index contributed by atoms with van der Waals surface area (Å²) < 4.78 is 5.85. The molecule has 1 fully saturated rings. The van der Waals surface area contributed by atoms with E-state index in [0.29, 0.717) is 18.2 Å². The highest BCUT2D eigenvalue weighted by Gasteiger charge is 2.10. The second-order valence-corrected chi connectivity index (χ2v) is 7.06. The van der Waals surface area contributed by atoms with Crippen molar-refractivity contribution in [2.24, 2.45) is 0 Å². The fourth-order valence-corrected chi connectivity index (χ4v) is 3.50. The number of thioether (sulfide) groups is 1. The van der Waals surface area contributed by atoms with Crippen LogP contribution in [0.5, 0.6) is 5.75 Å². The lowest BCUT2D eigenvalue weighted by Crippen LogP contribution is -2.29. The number of hydrogen-bond acceptors (Lipinski definition) is 6. The molecular formula is C20H26N4OS. The lowest BCUT2D eigenvalue weighted by molar-refractivity contribution is 0.220. The van der Waals surface area contributed by atoms with E-state index in [4.69, 9.17) is 15.3 Å². The van der Waals surface area contributed by atoms with Gasteiger partial charge in [0.1, 0.15) is 17.9 Å². The first-order chi connectivity index (χ1) is 12.8. The molecule has 1 saturated heterocycles. The first-order valence-corrected chi connectivity index (χ1v) is 10.3. The molecule has 0 aliphatic carbocycles. The van der Waals surface area contributed by atoms with Gasteiger partial charge in [0.2, 0.25) is 0 Å². The normalized spacial score (nSPS) is 14.1. The van der Waals surface area contributed by atoms with Gasteiger partial charge in [0.25, 0.3) is 0 Å². The molecule has 0 spiro atoms. The van der Waals surface area contributed by atoms with E-state index >= 15 is 0 Å². The molecule has 1 aliphatic heterocycles. The number of likely N-dealkylation sites (tertiary alicyclic amines) is 1. The smallest absolute Gasteiger partial charge is 0.159 e. The number of benzene rings is 1. The molecule has 2 rings (SSSR count). The molecule has 138 valence electrons. The fourth-order valence-electron chi connectivity index (χ4n) is 2.96. The molecule has 1 N–H and O–H groups in total. The van der Waals surface area contributed by atoms with Crippen molar-refractivity contribution in [3.8, 4) is 17.9 Å². The van der Waals surface area contributed by atoms with Crippen molar-refractivity contribution in [2.45, 2.75) is 32.2 Å². The molecule has 0 atom stereocenters. The predicted octanol–water partition coefficient (Wildman–Crippen LogP) is 3.65. The van der Waals surface area contributed by atoms with Crippen molar-refractivity contribution in [1.82, 2.24) is 10.2 Å². The molecule has 1 heterocycles. The van der Waals surface area contributed by atoms with Crippen molar-refractivity contribution in [2.75, 3.05) is 32.5 Å². The van der Waals surface area contributed by atoms with Gasteiger partial charge in [-0.25, -0.2) is 0 Å². The molecule has 0 radical (unpaired) electrons. The van der Waals surface area contributed by atoms with E-state index in [1.807, 2.05) is 30.5 Å². The first kappa shape index (κ1) is 20.2. The van der Waals surface area contributed by atoms with E-state index in [0.717, 1.165) is 18.7 Å². The first-order valence-electron chi connectivity index (χ1n) is 9.03. The minimum atomic E-state index is 0.129. The zero-order valence-electron chi connectivity index (χ0n) is 15.3. The van der Waals surface area contributed by atoms with Crippen LogP contribution in [-0.2, 0) is 6.54 Å². The zero-order valence-corrected chi connectivity index (χ0v) is 16.1. The SMILES string of the molecule is CSC(NCCCOc1cccc(CN2CCCCC2)c1)=C(C#N)C#N. The Labute approximate surface area is 160 Å². The summed E-state index contributed by atoms with van der Waals surface area (Å²) in [6.45, 7) is 4.63. The van der Waals surface area contributed by atoms with Gasteiger partial charge in [-0.15, -0.1) is 11.8 Å². The minimum absolute atomic E-state index is 0.129. The van der Waals surface area contributed by atoms with Crippen LogP contribution in [0.3, 0.4) is 0 Å². The van der Waals surface area contributed by atoms with Crippen LogP contribution in [0, 0.1) is 22.7 Å². The van der Waals surface area contributed by atoms with Crippen LogP contribution >= 0.6 is 11.8 Å². The number of allylic oxidation sites excluding steroid dienone is 1. The number of nitriles is 2. The molecule has 1 aromatic carbocycles. The van der Waals surface area contributed by atoms with Crippen LogP contribution in [0.1, 0.15) is 31.2 Å². The Bertz CT molecular complexity index is 668. The number of piperidine rings is 1. The summed E-state index contributed by atoms with van der Waals surface area (Å²) in [5.41, 5.74) is 1.42. The summed E-state index contributed by atoms with van der Waals surface area (Å²) in [6, 6.07) is 12.1. The molecule has 1 aromatic rings. The Hall–Kier alpha value is -2.15. The van der Waals surface area contributed by atoms with Crippen molar-refractivity contribution < 1.29 is 4.74 Å². The quantitative estimate of drug-likeness (QED) is 0.528. The van der Waals surface area contributed by atoms with Gasteiger partial charge in [-0.1, -0.05) is 18.6 Å². The van der Waals surface area contributed by atoms with E-state index in [9.17, 15) is 0 Å². The van der Waals surface area contributed by atoms with Crippen LogP contribution < -0.4 is 10.1 Å². The number of nitrogens with one attached hydrogen (secondary N) is 1. The number of hydrogen-bond donors (Lipinski definition) is 1. The van der Waals surface area contributed by atoms with Crippen LogP contribution in [0.2, 0.25) is 0 Å². The van der Waals surface area contributed by atoms with Gasteiger partial charge >= 0.3 is 0 Å². The molecule has 1 aliphatic rings. The molecule has 6 heteroatoms. The van der Waals surface area contributed by atoms with Gasteiger partial charge in [-0.05, 0) is 56.3 Å². The molecule has 26 heavy (non-hydrogen) atoms. The molecule has 0 bridgehead atoms. The summed E-state index contributed by atoms with van der Waals surface area (Å²) >= 11 is 1.38. The average molecular weight is 371 g/mol. The van der Waals surface area contributed by atoms with Gasteiger partial charge in [0, 0.05) is 13.1 Å². The Balaban J connectivity index is 1.74. The third-order valence-corrected chi connectivity index (χ3v) is 5.04. The highest BCUT2D eigenvalue weighted by Crippen LogP contribution is 2.18. The largest absolute Gasteiger partial charge is 0.494 e. The second kappa shape index (κ2) is 11.5. The Morgan fingerprint density at radius 1 is 1.23 bits per heavy atom. The zero-order chi connectivity index (χ0) is 18.6. The maximum Gasteiger partial charge on any atom is 0.159 e. The maximum absolute atomic E-state index is 8.91. The summed E-state index contributed by atoms with van der Waals surface area (Å²) in [4.78, 5) is 2.50. The highest BCUT2D eigenvalue weighted by molar-refractivity contribution is 8.02. The van der Waals surface area contributed by atoms with Crippen LogP contribution in [0.25, 0.3) is 0 Å². The van der Waals surface area contributed by atoms with E-state index < -0.39 is 0 Å². The standard InChI is InChI=1S/C20H26N4OS/c1-26-20(18(14-21)15-22)23-9-6-12-25-19-8-5-7-17(13-19)16-24-10-3-2-4-11-24/h5,7-8,13,23H,2-4,6,9-12,16H2,1H3. The molecule has 5 nitrogen and oxygen atoms in total. The van der Waals surface area contributed by atoms with Gasteiger partial charge in [0.05, 0.1) is 11.6 Å². The van der Waals surface area contributed by atoms with Crippen LogP contribution in [-0.4, -0.2) is 37.4 Å². The van der Waals surface area contributed by atoms with Gasteiger partial charge in [-0.3, -0.25) is 4.90 Å². The Morgan fingerprint density at radius 2 is 2.00 bits per heavy atom.